The van der Waals surface area contributed by atoms with Crippen molar-refractivity contribution < 1.29 is 4.74 Å². The summed E-state index contributed by atoms with van der Waals surface area (Å²) in [4.78, 5) is 18.0. The third-order valence-corrected chi connectivity index (χ3v) is 3.29. The molecule has 100 valence electrons. The fraction of sp³-hybridized carbons (Fsp3) is 0.385. The summed E-state index contributed by atoms with van der Waals surface area (Å²) in [6.07, 6.45) is 3.70. The number of hydrogen-bond donors (Lipinski definition) is 3. The van der Waals surface area contributed by atoms with E-state index in [1.54, 1.807) is 6.07 Å². The number of benzene rings is 1. The zero-order chi connectivity index (χ0) is 13.2. The molecule has 1 saturated heterocycles. The fourth-order valence-electron chi connectivity index (χ4n) is 2.29. The first-order valence-electron chi connectivity index (χ1n) is 6.36. The number of anilines is 2. The molecule has 3 rings (SSSR count). The number of aromatic nitrogens is 2. The van der Waals surface area contributed by atoms with Gasteiger partial charge in [-0.2, -0.15) is 0 Å². The molecule has 6 heteroatoms. The zero-order valence-electron chi connectivity index (χ0n) is 10.5. The Labute approximate surface area is 110 Å². The lowest BCUT2D eigenvalue weighted by atomic mass is 10.2. The number of ether oxygens (including phenoxy) is 1. The second kappa shape index (κ2) is 4.89. The molecule has 1 fully saturated rings. The quantitative estimate of drug-likeness (QED) is 0.718. The summed E-state index contributed by atoms with van der Waals surface area (Å²) >= 11 is 0. The van der Waals surface area contributed by atoms with Gasteiger partial charge in [-0.15, -0.1) is 0 Å². The van der Waals surface area contributed by atoms with E-state index in [4.69, 9.17) is 10.5 Å². The van der Waals surface area contributed by atoms with E-state index in [1.165, 1.54) is 6.20 Å². The average Bonchev–Trinajstić information content (AvgIpc) is 2.89. The van der Waals surface area contributed by atoms with Crippen molar-refractivity contribution in [3.63, 3.8) is 0 Å². The van der Waals surface area contributed by atoms with Gasteiger partial charge in [-0.3, -0.25) is 4.79 Å². The number of nitrogen functional groups attached to an aromatic ring is 1. The molecule has 1 aliphatic rings. The summed E-state index contributed by atoms with van der Waals surface area (Å²) in [5, 5.41) is 3.28. The van der Waals surface area contributed by atoms with Crippen molar-refractivity contribution in [2.45, 2.75) is 18.9 Å². The van der Waals surface area contributed by atoms with Crippen molar-refractivity contribution in [1.82, 2.24) is 9.97 Å². The van der Waals surface area contributed by atoms with Gasteiger partial charge in [-0.1, -0.05) is 0 Å². The van der Waals surface area contributed by atoms with Crippen LogP contribution in [-0.2, 0) is 4.74 Å². The van der Waals surface area contributed by atoms with E-state index >= 15 is 0 Å². The molecular weight excluding hydrogens is 244 g/mol. The second-order valence-electron chi connectivity index (χ2n) is 4.72. The monoisotopic (exact) mass is 260 g/mol. The molecule has 0 aliphatic carbocycles. The Hall–Kier alpha value is -2.08. The second-order valence-corrected chi connectivity index (χ2v) is 4.72. The molecule has 1 aliphatic heterocycles. The molecule has 19 heavy (non-hydrogen) atoms. The first-order valence-corrected chi connectivity index (χ1v) is 6.36. The molecule has 0 saturated carbocycles. The van der Waals surface area contributed by atoms with E-state index in [-0.39, 0.29) is 11.7 Å². The van der Waals surface area contributed by atoms with E-state index in [0.29, 0.717) is 16.7 Å². The number of nitrogens with zero attached hydrogens (tertiary/aromatic N) is 1. The topological polar surface area (TPSA) is 93.0 Å². The van der Waals surface area contributed by atoms with Crippen molar-refractivity contribution >= 4 is 22.4 Å². The van der Waals surface area contributed by atoms with E-state index in [2.05, 4.69) is 15.3 Å². The molecule has 2 aromatic rings. The Kier molecular flexibility index (Phi) is 3.08. The molecule has 2 heterocycles. The maximum atomic E-state index is 11.2. The van der Waals surface area contributed by atoms with Gasteiger partial charge in [0.25, 0.3) is 5.56 Å². The largest absolute Gasteiger partial charge is 0.397 e. The van der Waals surface area contributed by atoms with Gasteiger partial charge in [0, 0.05) is 13.2 Å². The van der Waals surface area contributed by atoms with Crippen molar-refractivity contribution in [2.75, 3.05) is 24.2 Å². The lowest BCUT2D eigenvalue weighted by Crippen LogP contribution is -2.19. The molecule has 0 radical (unpaired) electrons. The molecule has 1 atom stereocenters. The Morgan fingerprint density at radius 2 is 2.42 bits per heavy atom. The molecule has 0 amide bonds. The Morgan fingerprint density at radius 1 is 1.53 bits per heavy atom. The van der Waals surface area contributed by atoms with Crippen LogP contribution in [-0.4, -0.2) is 29.2 Å². The van der Waals surface area contributed by atoms with Crippen molar-refractivity contribution in [3.8, 4) is 0 Å². The molecule has 1 aromatic carbocycles. The van der Waals surface area contributed by atoms with Crippen LogP contribution in [0.15, 0.2) is 23.1 Å². The molecule has 1 aromatic heterocycles. The number of fused-ring (bicyclic) bond motifs is 1. The minimum absolute atomic E-state index is 0.230. The van der Waals surface area contributed by atoms with E-state index in [9.17, 15) is 4.79 Å². The highest BCUT2D eigenvalue weighted by atomic mass is 16.5. The summed E-state index contributed by atoms with van der Waals surface area (Å²) in [6.45, 7) is 1.57. The number of rotatable bonds is 3. The zero-order valence-corrected chi connectivity index (χ0v) is 10.5. The third-order valence-electron chi connectivity index (χ3n) is 3.29. The minimum Gasteiger partial charge on any atom is -0.397 e. The van der Waals surface area contributed by atoms with E-state index in [1.807, 2.05) is 6.07 Å². The highest BCUT2D eigenvalue weighted by Crippen LogP contribution is 2.23. The van der Waals surface area contributed by atoms with Gasteiger partial charge >= 0.3 is 0 Å². The minimum atomic E-state index is -0.230. The van der Waals surface area contributed by atoms with Crippen LogP contribution in [0.5, 0.6) is 0 Å². The fourth-order valence-corrected chi connectivity index (χ4v) is 2.29. The van der Waals surface area contributed by atoms with Gasteiger partial charge in [0.1, 0.15) is 0 Å². The van der Waals surface area contributed by atoms with Crippen LogP contribution >= 0.6 is 0 Å². The first-order chi connectivity index (χ1) is 9.22. The van der Waals surface area contributed by atoms with Crippen LogP contribution in [0, 0.1) is 0 Å². The molecule has 6 nitrogen and oxygen atoms in total. The predicted molar refractivity (Wildman–Crippen MR) is 74.2 cm³/mol. The standard InChI is InChI=1S/C13H16N4O2/c14-9-4-12-11(16-7-13(18)17-12)5-10(9)15-6-8-2-1-3-19-8/h4-5,7-8,15H,1-3,6,14H2,(H,17,18). The van der Waals surface area contributed by atoms with Crippen LogP contribution in [0.2, 0.25) is 0 Å². The highest BCUT2D eigenvalue weighted by Gasteiger charge is 2.15. The summed E-state index contributed by atoms with van der Waals surface area (Å²) in [5.41, 5.74) is 8.51. The molecule has 4 N–H and O–H groups in total. The predicted octanol–water partition coefficient (Wildman–Crippen LogP) is 1.10. The normalized spacial score (nSPS) is 18.8. The Bertz CT molecular complexity index is 647. The summed E-state index contributed by atoms with van der Waals surface area (Å²) in [5.74, 6) is 0. The molecule has 0 spiro atoms. The van der Waals surface area contributed by atoms with Crippen molar-refractivity contribution in [2.24, 2.45) is 0 Å². The van der Waals surface area contributed by atoms with Crippen LogP contribution in [0.3, 0.4) is 0 Å². The van der Waals surface area contributed by atoms with Crippen molar-refractivity contribution in [1.29, 1.82) is 0 Å². The number of H-pyrrole nitrogens is 1. The van der Waals surface area contributed by atoms with Crippen LogP contribution < -0.4 is 16.6 Å². The Morgan fingerprint density at radius 3 is 3.21 bits per heavy atom. The summed E-state index contributed by atoms with van der Waals surface area (Å²) < 4.78 is 5.55. The summed E-state index contributed by atoms with van der Waals surface area (Å²) in [6, 6.07) is 3.57. The van der Waals surface area contributed by atoms with Gasteiger partial charge < -0.3 is 20.8 Å². The first kappa shape index (κ1) is 12.0. The average molecular weight is 260 g/mol. The summed E-state index contributed by atoms with van der Waals surface area (Å²) in [7, 11) is 0. The van der Waals surface area contributed by atoms with Gasteiger partial charge in [-0.25, -0.2) is 4.98 Å². The van der Waals surface area contributed by atoms with Crippen molar-refractivity contribution in [3.05, 3.63) is 28.7 Å². The van der Waals surface area contributed by atoms with Gasteiger partial charge in [0.05, 0.1) is 34.7 Å². The Balaban J connectivity index is 1.84. The maximum Gasteiger partial charge on any atom is 0.266 e. The number of nitrogens with one attached hydrogen (secondary N) is 2. The molecular formula is C13H16N4O2. The van der Waals surface area contributed by atoms with Crippen LogP contribution in [0.4, 0.5) is 11.4 Å². The van der Waals surface area contributed by atoms with Crippen LogP contribution in [0.1, 0.15) is 12.8 Å². The number of aromatic amines is 1. The van der Waals surface area contributed by atoms with Gasteiger partial charge in [0.2, 0.25) is 0 Å². The van der Waals surface area contributed by atoms with E-state index < -0.39 is 0 Å². The molecule has 0 bridgehead atoms. The molecule has 1 unspecified atom stereocenters. The SMILES string of the molecule is Nc1cc2[nH]c(=O)cnc2cc1NCC1CCCO1. The lowest BCUT2D eigenvalue weighted by Gasteiger charge is -2.14. The smallest absolute Gasteiger partial charge is 0.266 e. The number of hydrogen-bond acceptors (Lipinski definition) is 5. The number of nitrogens with two attached hydrogens (primary N) is 1. The third kappa shape index (κ3) is 2.53. The van der Waals surface area contributed by atoms with Gasteiger partial charge in [-0.05, 0) is 25.0 Å². The highest BCUT2D eigenvalue weighted by molar-refractivity contribution is 5.86. The van der Waals surface area contributed by atoms with Crippen LogP contribution in [0.25, 0.3) is 11.0 Å². The van der Waals surface area contributed by atoms with Gasteiger partial charge in [0.15, 0.2) is 0 Å². The lowest BCUT2D eigenvalue weighted by molar-refractivity contribution is 0.120. The van der Waals surface area contributed by atoms with E-state index in [0.717, 1.165) is 31.7 Å². The maximum absolute atomic E-state index is 11.2.